The predicted molar refractivity (Wildman–Crippen MR) is 110 cm³/mol. The van der Waals surface area contributed by atoms with Crippen molar-refractivity contribution in [3.05, 3.63) is 90.4 Å². The largest absolute Gasteiger partial charge is 0.352 e. The molecule has 1 aliphatic rings. The molecule has 5 heteroatoms. The van der Waals surface area contributed by atoms with Crippen LogP contribution in [0.2, 0.25) is 0 Å². The molecule has 0 saturated carbocycles. The molecular formula is C23H19N5. The summed E-state index contributed by atoms with van der Waals surface area (Å²) in [6.07, 6.45) is 6.39. The van der Waals surface area contributed by atoms with Crippen LogP contribution in [0.1, 0.15) is 11.1 Å². The van der Waals surface area contributed by atoms with Crippen molar-refractivity contribution < 1.29 is 0 Å². The van der Waals surface area contributed by atoms with Gasteiger partial charge in [0.15, 0.2) is 5.82 Å². The Balaban J connectivity index is 1.59. The van der Waals surface area contributed by atoms with E-state index in [2.05, 4.69) is 45.2 Å². The number of fused-ring (bicyclic) bond motifs is 1. The molecule has 0 N–H and O–H groups in total. The zero-order chi connectivity index (χ0) is 18.8. The van der Waals surface area contributed by atoms with E-state index in [4.69, 9.17) is 9.97 Å². The standard InChI is InChI=1S/C23H19N5/c1-2-7-19-16-28(13-10-17(19)6-1)22-14-21(18-8-5-11-24-15-18)26-23(27-22)20-9-3-4-12-25-20/h1-9,11-12,14-15H,10,13,16H2. The number of benzene rings is 1. The number of anilines is 1. The third-order valence-corrected chi connectivity index (χ3v) is 5.02. The molecule has 1 aliphatic heterocycles. The average molecular weight is 365 g/mol. The number of rotatable bonds is 3. The summed E-state index contributed by atoms with van der Waals surface area (Å²) in [5, 5.41) is 0. The first-order valence-electron chi connectivity index (χ1n) is 9.39. The number of aromatic nitrogens is 4. The molecule has 0 saturated heterocycles. The Morgan fingerprint density at radius 3 is 2.50 bits per heavy atom. The van der Waals surface area contributed by atoms with Crippen LogP contribution in [-0.2, 0) is 13.0 Å². The van der Waals surface area contributed by atoms with Crippen molar-refractivity contribution in [1.82, 2.24) is 19.9 Å². The van der Waals surface area contributed by atoms with Crippen LogP contribution in [0.5, 0.6) is 0 Å². The molecule has 1 aromatic carbocycles. The molecule has 0 bridgehead atoms. The van der Waals surface area contributed by atoms with Gasteiger partial charge in [-0.25, -0.2) is 9.97 Å². The highest BCUT2D eigenvalue weighted by atomic mass is 15.2. The van der Waals surface area contributed by atoms with Crippen LogP contribution in [-0.4, -0.2) is 26.5 Å². The van der Waals surface area contributed by atoms with Crippen LogP contribution in [0.15, 0.2) is 79.3 Å². The van der Waals surface area contributed by atoms with Crippen LogP contribution in [0, 0.1) is 0 Å². The van der Waals surface area contributed by atoms with Gasteiger partial charge in [-0.2, -0.15) is 0 Å². The zero-order valence-corrected chi connectivity index (χ0v) is 15.4. The van der Waals surface area contributed by atoms with Gasteiger partial charge in [0.1, 0.15) is 11.5 Å². The summed E-state index contributed by atoms with van der Waals surface area (Å²) < 4.78 is 0. The van der Waals surface area contributed by atoms with E-state index in [0.717, 1.165) is 42.3 Å². The van der Waals surface area contributed by atoms with E-state index in [1.54, 1.807) is 12.4 Å². The van der Waals surface area contributed by atoms with Gasteiger partial charge in [-0.1, -0.05) is 30.3 Å². The van der Waals surface area contributed by atoms with Gasteiger partial charge in [-0.05, 0) is 41.8 Å². The van der Waals surface area contributed by atoms with Crippen LogP contribution >= 0.6 is 0 Å². The second kappa shape index (κ2) is 7.19. The van der Waals surface area contributed by atoms with Gasteiger partial charge in [0.2, 0.25) is 0 Å². The van der Waals surface area contributed by atoms with E-state index in [0.29, 0.717) is 5.82 Å². The van der Waals surface area contributed by atoms with Crippen LogP contribution in [0.3, 0.4) is 0 Å². The fourth-order valence-corrected chi connectivity index (χ4v) is 3.56. The summed E-state index contributed by atoms with van der Waals surface area (Å²) >= 11 is 0. The first-order chi connectivity index (χ1) is 13.9. The summed E-state index contributed by atoms with van der Waals surface area (Å²) in [4.78, 5) is 20.6. The number of hydrogen-bond acceptors (Lipinski definition) is 5. The summed E-state index contributed by atoms with van der Waals surface area (Å²) in [7, 11) is 0. The third-order valence-electron chi connectivity index (χ3n) is 5.02. The van der Waals surface area contributed by atoms with E-state index >= 15 is 0 Å². The van der Waals surface area contributed by atoms with Crippen molar-refractivity contribution in [3.8, 4) is 22.8 Å². The molecule has 4 heterocycles. The van der Waals surface area contributed by atoms with E-state index in [9.17, 15) is 0 Å². The van der Waals surface area contributed by atoms with Crippen LogP contribution in [0.25, 0.3) is 22.8 Å². The van der Waals surface area contributed by atoms with Crippen molar-refractivity contribution in [2.75, 3.05) is 11.4 Å². The molecule has 5 nitrogen and oxygen atoms in total. The topological polar surface area (TPSA) is 54.8 Å². The SMILES string of the molecule is c1ccc(-c2nc(-c3cccnc3)cc(N3CCc4ccccc4C3)n2)nc1. The lowest BCUT2D eigenvalue weighted by Crippen LogP contribution is -2.31. The molecule has 3 aromatic heterocycles. The van der Waals surface area contributed by atoms with E-state index in [1.807, 2.05) is 36.5 Å². The predicted octanol–water partition coefficient (Wildman–Crippen LogP) is 4.16. The maximum atomic E-state index is 4.86. The van der Waals surface area contributed by atoms with Gasteiger partial charge < -0.3 is 4.90 Å². The zero-order valence-electron chi connectivity index (χ0n) is 15.4. The molecule has 4 aromatic rings. The van der Waals surface area contributed by atoms with Crippen LogP contribution in [0.4, 0.5) is 5.82 Å². The van der Waals surface area contributed by atoms with Crippen molar-refractivity contribution in [2.24, 2.45) is 0 Å². The van der Waals surface area contributed by atoms with E-state index in [-0.39, 0.29) is 0 Å². The second-order valence-electron chi connectivity index (χ2n) is 6.83. The highest BCUT2D eigenvalue weighted by molar-refractivity contribution is 5.66. The maximum Gasteiger partial charge on any atom is 0.180 e. The molecule has 0 unspecified atom stereocenters. The number of hydrogen-bond donors (Lipinski definition) is 0. The molecule has 0 aliphatic carbocycles. The van der Waals surface area contributed by atoms with Crippen molar-refractivity contribution in [3.63, 3.8) is 0 Å². The summed E-state index contributed by atoms with van der Waals surface area (Å²) in [5.41, 5.74) is 5.38. The number of nitrogens with zero attached hydrogens (tertiary/aromatic N) is 5. The maximum absolute atomic E-state index is 4.86. The van der Waals surface area contributed by atoms with Gasteiger partial charge in [-0.3, -0.25) is 9.97 Å². The van der Waals surface area contributed by atoms with Gasteiger partial charge in [0.05, 0.1) is 5.69 Å². The molecule has 0 atom stereocenters. The Morgan fingerprint density at radius 1 is 0.786 bits per heavy atom. The lowest BCUT2D eigenvalue weighted by Gasteiger charge is -2.30. The molecule has 0 fully saturated rings. The van der Waals surface area contributed by atoms with E-state index in [1.165, 1.54) is 11.1 Å². The molecule has 0 radical (unpaired) electrons. The Hall–Kier alpha value is -3.60. The highest BCUT2D eigenvalue weighted by Gasteiger charge is 2.19. The van der Waals surface area contributed by atoms with Gasteiger partial charge in [-0.15, -0.1) is 0 Å². The Morgan fingerprint density at radius 2 is 1.68 bits per heavy atom. The quantitative estimate of drug-likeness (QED) is 0.546. The van der Waals surface area contributed by atoms with E-state index < -0.39 is 0 Å². The number of pyridine rings is 2. The van der Waals surface area contributed by atoms with Gasteiger partial charge in [0, 0.05) is 43.3 Å². The molecule has 0 amide bonds. The lowest BCUT2D eigenvalue weighted by molar-refractivity contribution is 0.720. The summed E-state index contributed by atoms with van der Waals surface area (Å²) in [6.45, 7) is 1.78. The first kappa shape index (κ1) is 16.6. The smallest absolute Gasteiger partial charge is 0.180 e. The third kappa shape index (κ3) is 3.22. The van der Waals surface area contributed by atoms with Crippen molar-refractivity contribution in [1.29, 1.82) is 0 Å². The minimum atomic E-state index is 0.635. The average Bonchev–Trinajstić information content (AvgIpc) is 2.79. The molecular weight excluding hydrogens is 346 g/mol. The minimum absolute atomic E-state index is 0.635. The van der Waals surface area contributed by atoms with Crippen molar-refractivity contribution >= 4 is 5.82 Å². The normalized spacial score (nSPS) is 13.2. The van der Waals surface area contributed by atoms with Gasteiger partial charge in [0.25, 0.3) is 0 Å². The fourth-order valence-electron chi connectivity index (χ4n) is 3.56. The molecule has 0 spiro atoms. The molecule has 28 heavy (non-hydrogen) atoms. The second-order valence-corrected chi connectivity index (χ2v) is 6.83. The fraction of sp³-hybridized carbons (Fsp3) is 0.130. The Kier molecular flexibility index (Phi) is 4.26. The molecule has 136 valence electrons. The first-order valence-corrected chi connectivity index (χ1v) is 9.39. The summed E-state index contributed by atoms with van der Waals surface area (Å²) in [5.74, 6) is 1.56. The van der Waals surface area contributed by atoms with Crippen LogP contribution < -0.4 is 4.90 Å². The van der Waals surface area contributed by atoms with Gasteiger partial charge >= 0.3 is 0 Å². The highest BCUT2D eigenvalue weighted by Crippen LogP contribution is 2.28. The minimum Gasteiger partial charge on any atom is -0.352 e. The van der Waals surface area contributed by atoms with Crippen molar-refractivity contribution in [2.45, 2.75) is 13.0 Å². The Labute approximate surface area is 163 Å². The monoisotopic (exact) mass is 365 g/mol. The summed E-state index contributed by atoms with van der Waals surface area (Å²) in [6, 6.07) is 20.4. The lowest BCUT2D eigenvalue weighted by atomic mass is 10.00. The Bertz CT molecular complexity index is 1040. The molecule has 5 rings (SSSR count).